The van der Waals surface area contributed by atoms with Gasteiger partial charge in [0, 0.05) is 12.8 Å². The summed E-state index contributed by atoms with van der Waals surface area (Å²) >= 11 is 0. The van der Waals surface area contributed by atoms with Crippen LogP contribution in [-0.2, 0) is 4.74 Å². The Balaban J connectivity index is 2.93. The van der Waals surface area contributed by atoms with Crippen molar-refractivity contribution in [3.63, 3.8) is 0 Å². The van der Waals surface area contributed by atoms with Gasteiger partial charge in [0.2, 0.25) is 0 Å². The lowest BCUT2D eigenvalue weighted by Gasteiger charge is -2.14. The molecule has 3 heteroatoms. The van der Waals surface area contributed by atoms with Crippen molar-refractivity contribution in [2.24, 2.45) is 5.73 Å². The maximum Gasteiger partial charge on any atom is 0.0655 e. The van der Waals surface area contributed by atoms with Gasteiger partial charge in [0.15, 0.2) is 0 Å². The molecule has 1 aromatic carbocycles. The van der Waals surface area contributed by atoms with Crippen LogP contribution >= 0.6 is 0 Å². The Bertz CT molecular complexity index is 286. The summed E-state index contributed by atoms with van der Waals surface area (Å²) in [6.45, 7) is 2.49. The van der Waals surface area contributed by atoms with Crippen molar-refractivity contribution in [1.82, 2.24) is 0 Å². The third kappa shape index (κ3) is 2.20. The summed E-state index contributed by atoms with van der Waals surface area (Å²) in [5.74, 6) is 0. The molecule has 1 rings (SSSR count). The van der Waals surface area contributed by atoms with Gasteiger partial charge in [0.05, 0.1) is 12.6 Å². The number of benzene rings is 1. The van der Waals surface area contributed by atoms with Crippen LogP contribution in [0.25, 0.3) is 0 Å². The van der Waals surface area contributed by atoms with Crippen LogP contribution in [-0.4, -0.2) is 13.7 Å². The van der Waals surface area contributed by atoms with Gasteiger partial charge in [-0.05, 0) is 24.1 Å². The monoisotopic (exact) mass is 180 g/mol. The van der Waals surface area contributed by atoms with Crippen LogP contribution in [0.2, 0.25) is 0 Å². The molecule has 0 radical (unpaired) electrons. The van der Waals surface area contributed by atoms with Crippen molar-refractivity contribution in [2.75, 3.05) is 19.5 Å². The van der Waals surface area contributed by atoms with E-state index in [-0.39, 0.29) is 6.04 Å². The third-order valence-electron chi connectivity index (χ3n) is 2.16. The number of rotatable bonds is 3. The standard InChI is InChI=1S/C10H16N2O/c1-7-8(10(12)6-13-2)4-3-5-9(7)11/h3-5,10H,6,11-12H2,1-2H3/t10-/m1/s1. The molecule has 0 fully saturated rings. The van der Waals surface area contributed by atoms with E-state index in [4.69, 9.17) is 16.2 Å². The highest BCUT2D eigenvalue weighted by molar-refractivity contribution is 5.50. The van der Waals surface area contributed by atoms with Crippen LogP contribution in [0.4, 0.5) is 5.69 Å². The summed E-state index contributed by atoms with van der Waals surface area (Å²) in [7, 11) is 1.64. The topological polar surface area (TPSA) is 61.3 Å². The van der Waals surface area contributed by atoms with Crippen LogP contribution in [0.3, 0.4) is 0 Å². The summed E-state index contributed by atoms with van der Waals surface area (Å²) in [6, 6.07) is 5.68. The first-order chi connectivity index (χ1) is 6.16. The summed E-state index contributed by atoms with van der Waals surface area (Å²) in [5, 5.41) is 0. The third-order valence-corrected chi connectivity index (χ3v) is 2.16. The van der Waals surface area contributed by atoms with Crippen LogP contribution in [0.5, 0.6) is 0 Å². The average Bonchev–Trinajstić information content (AvgIpc) is 2.10. The Morgan fingerprint density at radius 1 is 1.46 bits per heavy atom. The molecule has 0 saturated carbocycles. The molecule has 0 aliphatic carbocycles. The molecule has 0 heterocycles. The normalized spacial score (nSPS) is 12.8. The van der Waals surface area contributed by atoms with Crippen LogP contribution in [0, 0.1) is 6.92 Å². The Morgan fingerprint density at radius 3 is 2.77 bits per heavy atom. The smallest absolute Gasteiger partial charge is 0.0655 e. The molecule has 0 spiro atoms. The van der Waals surface area contributed by atoms with Crippen molar-refractivity contribution < 1.29 is 4.74 Å². The molecular formula is C10H16N2O. The molecule has 72 valence electrons. The molecule has 0 bridgehead atoms. The van der Waals surface area contributed by atoms with Gasteiger partial charge in [-0.2, -0.15) is 0 Å². The van der Waals surface area contributed by atoms with E-state index < -0.39 is 0 Å². The SMILES string of the molecule is COC[C@@H](N)c1cccc(N)c1C. The van der Waals surface area contributed by atoms with Gasteiger partial charge < -0.3 is 16.2 Å². The van der Waals surface area contributed by atoms with Crippen molar-refractivity contribution in [1.29, 1.82) is 0 Å². The van der Waals surface area contributed by atoms with Crippen LogP contribution in [0.1, 0.15) is 17.2 Å². The summed E-state index contributed by atoms with van der Waals surface area (Å²) in [4.78, 5) is 0. The van der Waals surface area contributed by atoms with Crippen LogP contribution in [0.15, 0.2) is 18.2 Å². The van der Waals surface area contributed by atoms with E-state index in [1.54, 1.807) is 7.11 Å². The molecule has 0 saturated heterocycles. The van der Waals surface area contributed by atoms with E-state index in [1.807, 2.05) is 25.1 Å². The minimum absolute atomic E-state index is 0.0894. The van der Waals surface area contributed by atoms with E-state index >= 15 is 0 Å². The molecule has 1 atom stereocenters. The predicted octanol–water partition coefficient (Wildman–Crippen LogP) is 1.22. The largest absolute Gasteiger partial charge is 0.399 e. The highest BCUT2D eigenvalue weighted by Gasteiger charge is 2.09. The van der Waals surface area contributed by atoms with Crippen LogP contribution < -0.4 is 11.5 Å². The lowest BCUT2D eigenvalue weighted by atomic mass is 10.0. The number of anilines is 1. The molecule has 0 unspecified atom stereocenters. The number of nitrogens with two attached hydrogens (primary N) is 2. The van der Waals surface area contributed by atoms with Crippen molar-refractivity contribution >= 4 is 5.69 Å². The van der Waals surface area contributed by atoms with Gasteiger partial charge in [-0.25, -0.2) is 0 Å². The fourth-order valence-corrected chi connectivity index (χ4v) is 1.34. The minimum atomic E-state index is -0.0894. The van der Waals surface area contributed by atoms with E-state index in [2.05, 4.69) is 0 Å². The number of nitrogen functional groups attached to an aromatic ring is 1. The number of ether oxygens (including phenoxy) is 1. The molecule has 0 aliphatic heterocycles. The predicted molar refractivity (Wildman–Crippen MR) is 54.4 cm³/mol. The van der Waals surface area contributed by atoms with Gasteiger partial charge in [-0.1, -0.05) is 12.1 Å². The second-order valence-corrected chi connectivity index (χ2v) is 3.12. The molecule has 3 nitrogen and oxygen atoms in total. The highest BCUT2D eigenvalue weighted by Crippen LogP contribution is 2.20. The molecule has 13 heavy (non-hydrogen) atoms. The quantitative estimate of drug-likeness (QED) is 0.687. The van der Waals surface area contributed by atoms with E-state index in [9.17, 15) is 0 Å². The zero-order chi connectivity index (χ0) is 9.84. The summed E-state index contributed by atoms with van der Waals surface area (Å²) < 4.78 is 4.99. The zero-order valence-electron chi connectivity index (χ0n) is 8.08. The van der Waals surface area contributed by atoms with Gasteiger partial charge in [0.1, 0.15) is 0 Å². The molecule has 0 aromatic heterocycles. The van der Waals surface area contributed by atoms with Gasteiger partial charge in [-0.3, -0.25) is 0 Å². The summed E-state index contributed by atoms with van der Waals surface area (Å²) in [6.07, 6.45) is 0. The molecule has 0 amide bonds. The molecule has 1 aromatic rings. The molecule has 0 aliphatic rings. The van der Waals surface area contributed by atoms with Gasteiger partial charge >= 0.3 is 0 Å². The Labute approximate surface area is 78.7 Å². The maximum atomic E-state index is 5.89. The fourth-order valence-electron chi connectivity index (χ4n) is 1.34. The number of methoxy groups -OCH3 is 1. The first-order valence-electron chi connectivity index (χ1n) is 4.26. The minimum Gasteiger partial charge on any atom is -0.399 e. The van der Waals surface area contributed by atoms with Crippen molar-refractivity contribution in [3.05, 3.63) is 29.3 Å². The first-order valence-corrected chi connectivity index (χ1v) is 4.26. The van der Waals surface area contributed by atoms with E-state index in [0.717, 1.165) is 16.8 Å². The Hall–Kier alpha value is -1.06. The van der Waals surface area contributed by atoms with Crippen molar-refractivity contribution in [3.8, 4) is 0 Å². The lowest BCUT2D eigenvalue weighted by Crippen LogP contribution is -2.17. The zero-order valence-corrected chi connectivity index (χ0v) is 8.08. The second kappa shape index (κ2) is 4.25. The van der Waals surface area contributed by atoms with E-state index in [1.165, 1.54) is 0 Å². The van der Waals surface area contributed by atoms with E-state index in [0.29, 0.717) is 6.61 Å². The molecular weight excluding hydrogens is 164 g/mol. The van der Waals surface area contributed by atoms with Gasteiger partial charge in [0.25, 0.3) is 0 Å². The lowest BCUT2D eigenvalue weighted by molar-refractivity contribution is 0.180. The Morgan fingerprint density at radius 2 is 2.15 bits per heavy atom. The number of hydrogen-bond acceptors (Lipinski definition) is 3. The maximum absolute atomic E-state index is 5.89. The number of hydrogen-bond donors (Lipinski definition) is 2. The average molecular weight is 180 g/mol. The van der Waals surface area contributed by atoms with Gasteiger partial charge in [-0.15, -0.1) is 0 Å². The molecule has 4 N–H and O–H groups in total. The second-order valence-electron chi connectivity index (χ2n) is 3.12. The fraction of sp³-hybridized carbons (Fsp3) is 0.400. The highest BCUT2D eigenvalue weighted by atomic mass is 16.5. The Kier molecular flexibility index (Phi) is 3.28. The van der Waals surface area contributed by atoms with Crippen molar-refractivity contribution in [2.45, 2.75) is 13.0 Å². The summed E-state index contributed by atoms with van der Waals surface area (Å²) in [5.41, 5.74) is 14.5. The first kappa shape index (κ1) is 10.0.